The molecule has 0 atom stereocenters. The summed E-state index contributed by atoms with van der Waals surface area (Å²) in [5, 5.41) is 6.45. The largest absolute Gasteiger partial charge is 0.367 e. The molecule has 2 aromatic rings. The number of rotatable bonds is 3. The zero-order valence-corrected chi connectivity index (χ0v) is 19.5. The lowest BCUT2D eigenvalue weighted by molar-refractivity contribution is -0.129. The maximum Gasteiger partial charge on any atom is 0.257 e. The van der Waals surface area contributed by atoms with Gasteiger partial charge in [0, 0.05) is 47.9 Å². The van der Waals surface area contributed by atoms with Crippen LogP contribution < -0.4 is 15.5 Å². The van der Waals surface area contributed by atoms with Gasteiger partial charge in [0.1, 0.15) is 0 Å². The number of amides is 2. The van der Waals surface area contributed by atoms with Crippen LogP contribution in [0.1, 0.15) is 17.3 Å². The first-order valence-electron chi connectivity index (χ1n) is 9.01. The van der Waals surface area contributed by atoms with Crippen molar-refractivity contribution in [2.24, 2.45) is 0 Å². The highest BCUT2D eigenvalue weighted by Crippen LogP contribution is 2.29. The van der Waals surface area contributed by atoms with E-state index in [4.69, 9.17) is 23.8 Å². The lowest BCUT2D eigenvalue weighted by atomic mass is 10.2. The number of hydrogen-bond acceptors (Lipinski definition) is 4. The summed E-state index contributed by atoms with van der Waals surface area (Å²) in [6, 6.07) is 12.8. The van der Waals surface area contributed by atoms with Gasteiger partial charge >= 0.3 is 0 Å². The van der Waals surface area contributed by atoms with Gasteiger partial charge in [0.2, 0.25) is 5.91 Å². The molecule has 2 aromatic carbocycles. The molecule has 1 heterocycles. The molecule has 0 bridgehead atoms. The minimum atomic E-state index is -0.271. The quantitative estimate of drug-likeness (QED) is 0.457. The van der Waals surface area contributed by atoms with Gasteiger partial charge in [-0.05, 0) is 71.2 Å². The second-order valence-electron chi connectivity index (χ2n) is 6.58. The van der Waals surface area contributed by atoms with Gasteiger partial charge in [-0.15, -0.1) is 0 Å². The van der Waals surface area contributed by atoms with E-state index in [0.29, 0.717) is 29.4 Å². The van der Waals surface area contributed by atoms with Crippen LogP contribution in [0.4, 0.5) is 11.4 Å². The van der Waals surface area contributed by atoms with Crippen molar-refractivity contribution in [3.63, 3.8) is 0 Å². The van der Waals surface area contributed by atoms with E-state index in [-0.39, 0.29) is 16.9 Å². The first-order chi connectivity index (χ1) is 13.8. The Balaban J connectivity index is 1.59. The predicted molar refractivity (Wildman–Crippen MR) is 129 cm³/mol. The minimum absolute atomic E-state index is 0.0936. The smallest absolute Gasteiger partial charge is 0.257 e. The maximum atomic E-state index is 12.3. The third-order valence-electron chi connectivity index (χ3n) is 4.59. The summed E-state index contributed by atoms with van der Waals surface area (Å²) in [7, 11) is 0. The molecule has 2 N–H and O–H groups in total. The number of nitrogens with zero attached hydrogens (tertiary/aromatic N) is 2. The number of nitrogens with one attached hydrogen (secondary N) is 2. The third-order valence-corrected chi connectivity index (χ3v) is 5.76. The summed E-state index contributed by atoms with van der Waals surface area (Å²) in [4.78, 5) is 27.8. The molecule has 0 spiro atoms. The highest BCUT2D eigenvalue weighted by molar-refractivity contribution is 14.1. The molecule has 9 heteroatoms. The van der Waals surface area contributed by atoms with E-state index in [1.165, 1.54) is 0 Å². The van der Waals surface area contributed by atoms with Crippen molar-refractivity contribution in [1.82, 2.24) is 10.2 Å². The Morgan fingerprint density at radius 2 is 1.83 bits per heavy atom. The fraction of sp³-hybridized carbons (Fsp3) is 0.250. The lowest BCUT2D eigenvalue weighted by Gasteiger charge is -2.36. The summed E-state index contributed by atoms with van der Waals surface area (Å²) in [6.45, 7) is 4.41. The van der Waals surface area contributed by atoms with Gasteiger partial charge in [-0.2, -0.15) is 0 Å². The number of thiocarbonyl (C=S) groups is 1. The van der Waals surface area contributed by atoms with Crippen LogP contribution in [0.25, 0.3) is 0 Å². The van der Waals surface area contributed by atoms with E-state index in [0.717, 1.165) is 22.3 Å². The van der Waals surface area contributed by atoms with Gasteiger partial charge < -0.3 is 15.1 Å². The highest BCUT2D eigenvalue weighted by atomic mass is 127. The molecule has 0 aliphatic carbocycles. The SMILES string of the molecule is CC(=O)N1CCN(c2ccc(NC(=S)NC(=O)c3cccc(I)c3)cc2Cl)CC1. The molecule has 1 aliphatic heterocycles. The number of piperazine rings is 1. The van der Waals surface area contributed by atoms with Crippen LogP contribution in [-0.4, -0.2) is 48.0 Å². The molecule has 0 radical (unpaired) electrons. The fourth-order valence-corrected chi connectivity index (χ4v) is 4.12. The van der Waals surface area contributed by atoms with Crippen molar-refractivity contribution in [2.75, 3.05) is 36.4 Å². The van der Waals surface area contributed by atoms with Crippen LogP contribution >= 0.6 is 46.4 Å². The molecular weight excluding hydrogens is 523 g/mol. The van der Waals surface area contributed by atoms with Crippen molar-refractivity contribution in [3.8, 4) is 0 Å². The second-order valence-corrected chi connectivity index (χ2v) is 8.64. The van der Waals surface area contributed by atoms with Crippen LogP contribution in [0.15, 0.2) is 42.5 Å². The highest BCUT2D eigenvalue weighted by Gasteiger charge is 2.20. The summed E-state index contributed by atoms with van der Waals surface area (Å²) >= 11 is 13.9. The van der Waals surface area contributed by atoms with Gasteiger partial charge in [0.25, 0.3) is 5.91 Å². The van der Waals surface area contributed by atoms with Crippen LogP contribution in [0.2, 0.25) is 5.02 Å². The van der Waals surface area contributed by atoms with Gasteiger partial charge in [0.05, 0.1) is 10.7 Å². The molecule has 29 heavy (non-hydrogen) atoms. The molecule has 0 saturated carbocycles. The minimum Gasteiger partial charge on any atom is -0.367 e. The number of halogens is 2. The van der Waals surface area contributed by atoms with Crippen molar-refractivity contribution in [1.29, 1.82) is 0 Å². The molecule has 1 aliphatic rings. The monoisotopic (exact) mass is 542 g/mol. The molecule has 6 nitrogen and oxygen atoms in total. The van der Waals surface area contributed by atoms with Crippen molar-refractivity contribution in [3.05, 3.63) is 56.6 Å². The molecule has 1 saturated heterocycles. The summed E-state index contributed by atoms with van der Waals surface area (Å²) in [6.07, 6.45) is 0. The predicted octanol–water partition coefficient (Wildman–Crippen LogP) is 3.74. The van der Waals surface area contributed by atoms with Crippen LogP contribution in [-0.2, 0) is 4.79 Å². The number of anilines is 2. The van der Waals surface area contributed by atoms with Crippen molar-refractivity contribution < 1.29 is 9.59 Å². The molecule has 3 rings (SSSR count). The standard InChI is InChI=1S/C20H20ClIN4O2S/c1-13(27)25-7-9-26(10-8-25)18-6-5-16(12-17(18)21)23-20(29)24-19(28)14-3-2-4-15(22)11-14/h2-6,11-12H,7-10H2,1H3,(H2,23,24,28,29). The summed E-state index contributed by atoms with van der Waals surface area (Å²) in [5.41, 5.74) is 2.14. The van der Waals surface area contributed by atoms with E-state index < -0.39 is 0 Å². The Hall–Kier alpha value is -1.91. The summed E-state index contributed by atoms with van der Waals surface area (Å²) < 4.78 is 0.973. The third kappa shape index (κ3) is 5.80. The Morgan fingerprint density at radius 1 is 1.10 bits per heavy atom. The first-order valence-corrected chi connectivity index (χ1v) is 10.9. The van der Waals surface area contributed by atoms with Gasteiger partial charge in [-0.1, -0.05) is 17.7 Å². The van der Waals surface area contributed by atoms with E-state index in [1.807, 2.05) is 29.2 Å². The molecule has 0 aromatic heterocycles. The van der Waals surface area contributed by atoms with E-state index in [9.17, 15) is 9.59 Å². The molecule has 152 valence electrons. The van der Waals surface area contributed by atoms with Gasteiger partial charge in [-0.3, -0.25) is 14.9 Å². The fourth-order valence-electron chi connectivity index (χ4n) is 3.07. The molecular formula is C20H20ClIN4O2S. The van der Waals surface area contributed by atoms with Crippen LogP contribution in [0.3, 0.4) is 0 Å². The van der Waals surface area contributed by atoms with Gasteiger partial charge in [-0.25, -0.2) is 0 Å². The summed E-state index contributed by atoms with van der Waals surface area (Å²) in [5.74, 6) is -0.178. The molecule has 2 amide bonds. The van der Waals surface area contributed by atoms with E-state index in [1.54, 1.807) is 25.1 Å². The normalized spacial score (nSPS) is 13.8. The van der Waals surface area contributed by atoms with Crippen LogP contribution in [0, 0.1) is 3.57 Å². The number of hydrogen-bond donors (Lipinski definition) is 2. The van der Waals surface area contributed by atoms with E-state index in [2.05, 4.69) is 38.1 Å². The van der Waals surface area contributed by atoms with Gasteiger partial charge in [0.15, 0.2) is 5.11 Å². The average molecular weight is 543 g/mol. The Kier molecular flexibility index (Phi) is 7.31. The first kappa shape index (κ1) is 21.8. The zero-order valence-electron chi connectivity index (χ0n) is 15.7. The Labute approximate surface area is 193 Å². The molecule has 0 unspecified atom stereocenters. The number of benzene rings is 2. The maximum absolute atomic E-state index is 12.3. The Morgan fingerprint density at radius 3 is 2.45 bits per heavy atom. The van der Waals surface area contributed by atoms with E-state index >= 15 is 0 Å². The number of carbonyl (C=O) groups is 2. The molecule has 1 fully saturated rings. The van der Waals surface area contributed by atoms with Crippen LogP contribution in [0.5, 0.6) is 0 Å². The van der Waals surface area contributed by atoms with Crippen molar-refractivity contribution in [2.45, 2.75) is 6.92 Å². The zero-order chi connectivity index (χ0) is 21.0. The topological polar surface area (TPSA) is 64.7 Å². The average Bonchev–Trinajstić information content (AvgIpc) is 2.68. The lowest BCUT2D eigenvalue weighted by Crippen LogP contribution is -2.48. The Bertz CT molecular complexity index is 948. The van der Waals surface area contributed by atoms with Crippen molar-refractivity contribution >= 4 is 74.7 Å². The number of carbonyl (C=O) groups excluding carboxylic acids is 2. The second kappa shape index (κ2) is 9.73.